The first-order valence-electron chi connectivity index (χ1n) is 8.26. The number of aliphatic imine (C=N–C) groups is 1. The third-order valence-electron chi connectivity index (χ3n) is 4.20. The fourth-order valence-electron chi connectivity index (χ4n) is 2.88. The third-order valence-corrected chi connectivity index (χ3v) is 5.44. The molecule has 1 amide bonds. The zero-order valence-electron chi connectivity index (χ0n) is 14.8. The molecule has 0 aliphatic carbocycles. The molecule has 0 aromatic carbocycles. The van der Waals surface area contributed by atoms with Gasteiger partial charge in [0.1, 0.15) is 24.0 Å². The molecule has 7 nitrogen and oxygen atoms in total. The lowest BCUT2D eigenvalue weighted by atomic mass is 9.91. The van der Waals surface area contributed by atoms with Crippen molar-refractivity contribution in [2.75, 3.05) is 12.0 Å². The van der Waals surface area contributed by atoms with Crippen molar-refractivity contribution in [1.82, 2.24) is 9.97 Å². The molecule has 0 saturated carbocycles. The highest BCUT2D eigenvalue weighted by atomic mass is 35.5. The number of pyridine rings is 2. The monoisotopic (exact) mass is 418 g/mol. The topological polar surface area (TPSA) is 117 Å². The van der Waals surface area contributed by atoms with Gasteiger partial charge in [0.05, 0.1) is 16.3 Å². The number of nitrogens with two attached hydrogens (primary N) is 1. The van der Waals surface area contributed by atoms with E-state index in [0.717, 1.165) is 0 Å². The summed E-state index contributed by atoms with van der Waals surface area (Å²) >= 11 is 7.25. The first-order valence-corrected chi connectivity index (χ1v) is 9.52. The molecule has 3 heterocycles. The van der Waals surface area contributed by atoms with Crippen LogP contribution in [0.5, 0.6) is 0 Å². The van der Waals surface area contributed by atoms with Gasteiger partial charge in [-0.1, -0.05) is 23.4 Å². The van der Waals surface area contributed by atoms with Crippen LogP contribution in [-0.4, -0.2) is 33.0 Å². The SMILES string of the molecule is C[C@@]1(c2cc(NC(=O)c3ncc(C#N)cc3Cl)ccn2)C[C@@H](CF)SC(N)=N1. The summed E-state index contributed by atoms with van der Waals surface area (Å²) in [5.74, 6) is -0.527. The van der Waals surface area contributed by atoms with Gasteiger partial charge in [-0.3, -0.25) is 9.78 Å². The molecule has 28 heavy (non-hydrogen) atoms. The van der Waals surface area contributed by atoms with E-state index >= 15 is 0 Å². The molecule has 0 bridgehead atoms. The number of alkyl halides is 1. The summed E-state index contributed by atoms with van der Waals surface area (Å²) < 4.78 is 13.2. The predicted octanol–water partition coefficient (Wildman–Crippen LogP) is 3.26. The first kappa shape index (κ1) is 20.0. The number of hydrogen-bond acceptors (Lipinski definition) is 7. The molecule has 144 valence electrons. The summed E-state index contributed by atoms with van der Waals surface area (Å²) in [5, 5.41) is 11.6. The minimum Gasteiger partial charge on any atom is -0.379 e. The van der Waals surface area contributed by atoms with E-state index in [1.807, 2.05) is 13.0 Å². The smallest absolute Gasteiger partial charge is 0.275 e. The average Bonchev–Trinajstić information content (AvgIpc) is 2.67. The second-order valence-electron chi connectivity index (χ2n) is 6.37. The van der Waals surface area contributed by atoms with E-state index in [-0.39, 0.29) is 21.5 Å². The van der Waals surface area contributed by atoms with Gasteiger partial charge in [-0.2, -0.15) is 5.26 Å². The number of carbonyl (C=O) groups is 1. The van der Waals surface area contributed by atoms with Crippen LogP contribution in [0.25, 0.3) is 0 Å². The van der Waals surface area contributed by atoms with E-state index in [0.29, 0.717) is 23.0 Å². The lowest BCUT2D eigenvalue weighted by Gasteiger charge is -2.32. The standard InChI is InChI=1S/C18H16ClFN6OS/c1-18(6-12(7-20)28-17(22)26-18)14-5-11(2-3-23-14)25-16(27)15-13(19)4-10(8-21)9-24-15/h2-5,9,12H,6-7H2,1H3,(H2,22,26)(H,23,25,27)/t12-,18-/m0/s1. The third kappa shape index (κ3) is 4.24. The maximum Gasteiger partial charge on any atom is 0.275 e. The van der Waals surface area contributed by atoms with Crippen molar-refractivity contribution < 1.29 is 9.18 Å². The van der Waals surface area contributed by atoms with Gasteiger partial charge in [0.2, 0.25) is 0 Å². The van der Waals surface area contributed by atoms with Crippen LogP contribution in [0.15, 0.2) is 35.6 Å². The predicted molar refractivity (Wildman–Crippen MR) is 107 cm³/mol. The highest BCUT2D eigenvalue weighted by Crippen LogP contribution is 2.38. The molecule has 0 spiro atoms. The minimum atomic E-state index is -0.794. The van der Waals surface area contributed by atoms with Gasteiger partial charge in [-0.05, 0) is 31.5 Å². The van der Waals surface area contributed by atoms with E-state index < -0.39 is 18.1 Å². The zero-order valence-corrected chi connectivity index (χ0v) is 16.4. The number of anilines is 1. The molecule has 0 radical (unpaired) electrons. The molecule has 0 unspecified atom stereocenters. The quantitative estimate of drug-likeness (QED) is 0.786. The molecule has 2 aromatic heterocycles. The van der Waals surface area contributed by atoms with Gasteiger partial charge in [-0.15, -0.1) is 0 Å². The van der Waals surface area contributed by atoms with Crippen molar-refractivity contribution in [2.45, 2.75) is 24.1 Å². The van der Waals surface area contributed by atoms with Crippen LogP contribution >= 0.6 is 23.4 Å². The van der Waals surface area contributed by atoms with Gasteiger partial charge in [0.25, 0.3) is 5.91 Å². The highest BCUT2D eigenvalue weighted by molar-refractivity contribution is 8.14. The van der Waals surface area contributed by atoms with Crippen LogP contribution in [0.4, 0.5) is 10.1 Å². The number of hydrogen-bond donors (Lipinski definition) is 2. The Labute approximate surface area is 170 Å². The largest absolute Gasteiger partial charge is 0.379 e. The Balaban J connectivity index is 1.85. The summed E-state index contributed by atoms with van der Waals surface area (Å²) in [4.78, 5) is 25.2. The Kier molecular flexibility index (Phi) is 5.82. The molecule has 2 atom stereocenters. The van der Waals surface area contributed by atoms with Gasteiger partial charge in [-0.25, -0.2) is 14.4 Å². The van der Waals surface area contributed by atoms with Gasteiger partial charge >= 0.3 is 0 Å². The lowest BCUT2D eigenvalue weighted by molar-refractivity contribution is 0.102. The van der Waals surface area contributed by atoms with Crippen molar-refractivity contribution in [3.63, 3.8) is 0 Å². The minimum absolute atomic E-state index is 0.000865. The Morgan fingerprint density at radius 2 is 2.32 bits per heavy atom. The molecule has 3 rings (SSSR count). The molecule has 0 fully saturated rings. The number of thioether (sulfide) groups is 1. The van der Waals surface area contributed by atoms with Crippen molar-refractivity contribution in [3.05, 3.63) is 52.6 Å². The molecule has 3 N–H and O–H groups in total. The van der Waals surface area contributed by atoms with Gasteiger partial charge in [0.15, 0.2) is 5.17 Å². The Bertz CT molecular complexity index is 994. The highest BCUT2D eigenvalue weighted by Gasteiger charge is 2.36. The maximum absolute atomic E-state index is 13.2. The summed E-state index contributed by atoms with van der Waals surface area (Å²) in [7, 11) is 0. The number of nitrogens with one attached hydrogen (secondary N) is 1. The number of halogens is 2. The normalized spacial score (nSPS) is 21.5. The Hall–Kier alpha value is -2.70. The second kappa shape index (κ2) is 8.12. The molecule has 1 aliphatic heterocycles. The van der Waals surface area contributed by atoms with Crippen molar-refractivity contribution >= 4 is 40.1 Å². The number of nitriles is 1. The van der Waals surface area contributed by atoms with Gasteiger partial charge in [0, 0.05) is 23.3 Å². The lowest BCUT2D eigenvalue weighted by Crippen LogP contribution is -2.35. The Morgan fingerprint density at radius 1 is 1.54 bits per heavy atom. The van der Waals surface area contributed by atoms with Crippen LogP contribution in [0, 0.1) is 11.3 Å². The maximum atomic E-state index is 13.2. The van der Waals surface area contributed by atoms with Crippen LogP contribution in [0.1, 0.15) is 35.1 Å². The van der Waals surface area contributed by atoms with Crippen molar-refractivity contribution in [1.29, 1.82) is 5.26 Å². The first-order chi connectivity index (χ1) is 13.3. The van der Waals surface area contributed by atoms with Crippen molar-refractivity contribution in [3.8, 4) is 6.07 Å². The summed E-state index contributed by atoms with van der Waals surface area (Å²) in [6, 6.07) is 6.55. The number of carbonyl (C=O) groups excluding carboxylic acids is 1. The fraction of sp³-hybridized carbons (Fsp3) is 0.278. The Morgan fingerprint density at radius 3 is 3.00 bits per heavy atom. The molecule has 0 saturated heterocycles. The zero-order chi connectivity index (χ0) is 20.3. The van der Waals surface area contributed by atoms with Crippen LogP contribution < -0.4 is 11.1 Å². The van der Waals surface area contributed by atoms with E-state index in [1.54, 1.807) is 12.1 Å². The van der Waals surface area contributed by atoms with Crippen LogP contribution in [0.3, 0.4) is 0 Å². The number of amides is 1. The number of rotatable bonds is 4. The van der Waals surface area contributed by atoms with Crippen LogP contribution in [-0.2, 0) is 5.54 Å². The van der Waals surface area contributed by atoms with Gasteiger partial charge < -0.3 is 11.1 Å². The summed E-state index contributed by atoms with van der Waals surface area (Å²) in [6.45, 7) is 1.31. The molecule has 2 aromatic rings. The number of nitrogens with zero attached hydrogens (tertiary/aromatic N) is 4. The van der Waals surface area contributed by atoms with E-state index in [1.165, 1.54) is 30.2 Å². The van der Waals surface area contributed by atoms with E-state index in [9.17, 15) is 9.18 Å². The van der Waals surface area contributed by atoms with E-state index in [4.69, 9.17) is 22.6 Å². The molecular weight excluding hydrogens is 403 g/mol. The molecule has 10 heteroatoms. The fourth-order valence-corrected chi connectivity index (χ4v) is 4.20. The molecule has 1 aliphatic rings. The average molecular weight is 419 g/mol. The molecular formula is C18H16ClFN6OS. The summed E-state index contributed by atoms with van der Waals surface area (Å²) in [5.41, 5.74) is 6.34. The van der Waals surface area contributed by atoms with Crippen LogP contribution in [0.2, 0.25) is 5.02 Å². The number of amidine groups is 1. The second-order valence-corrected chi connectivity index (χ2v) is 8.10. The van der Waals surface area contributed by atoms with Crippen molar-refractivity contribution in [2.24, 2.45) is 10.7 Å². The van der Waals surface area contributed by atoms with E-state index in [2.05, 4.69) is 20.3 Å². The summed E-state index contributed by atoms with van der Waals surface area (Å²) in [6.07, 6.45) is 3.23. The number of aromatic nitrogens is 2.